The SMILES string of the molecule is CC(NC(=O)n1ccnc1)c1cccc(Br)c1. The minimum absolute atomic E-state index is 0.0533. The number of halogens is 1. The van der Waals surface area contributed by atoms with Crippen molar-refractivity contribution in [1.29, 1.82) is 0 Å². The zero-order valence-corrected chi connectivity index (χ0v) is 10.9. The van der Waals surface area contributed by atoms with Gasteiger partial charge in [0.25, 0.3) is 0 Å². The number of imidazole rings is 1. The Balaban J connectivity index is 2.07. The lowest BCUT2D eigenvalue weighted by Crippen LogP contribution is -2.30. The maximum Gasteiger partial charge on any atom is 0.327 e. The number of rotatable bonds is 2. The van der Waals surface area contributed by atoms with Gasteiger partial charge in [-0.1, -0.05) is 28.1 Å². The quantitative estimate of drug-likeness (QED) is 0.925. The number of benzene rings is 1. The number of carbonyl (C=O) groups excluding carboxylic acids is 1. The van der Waals surface area contributed by atoms with Crippen LogP contribution in [0.4, 0.5) is 4.79 Å². The summed E-state index contributed by atoms with van der Waals surface area (Å²) in [6, 6.07) is 7.62. The fourth-order valence-corrected chi connectivity index (χ4v) is 1.92. The average molecular weight is 294 g/mol. The molecule has 0 saturated carbocycles. The zero-order chi connectivity index (χ0) is 12.3. The van der Waals surface area contributed by atoms with Crippen LogP contribution in [0.1, 0.15) is 18.5 Å². The molecular weight excluding hydrogens is 282 g/mol. The highest BCUT2D eigenvalue weighted by Gasteiger charge is 2.10. The molecule has 0 spiro atoms. The minimum atomic E-state index is -0.185. The summed E-state index contributed by atoms with van der Waals surface area (Å²) in [4.78, 5) is 15.6. The number of amides is 1. The largest absolute Gasteiger partial charge is 0.331 e. The van der Waals surface area contributed by atoms with Crippen molar-refractivity contribution >= 4 is 22.0 Å². The Labute approximate surface area is 108 Å². The highest BCUT2D eigenvalue weighted by atomic mass is 79.9. The van der Waals surface area contributed by atoms with E-state index in [2.05, 4.69) is 26.2 Å². The van der Waals surface area contributed by atoms with Crippen LogP contribution in [0.25, 0.3) is 0 Å². The molecule has 4 nitrogen and oxygen atoms in total. The van der Waals surface area contributed by atoms with Gasteiger partial charge < -0.3 is 5.32 Å². The summed E-state index contributed by atoms with van der Waals surface area (Å²) in [5.74, 6) is 0. The molecule has 0 bridgehead atoms. The lowest BCUT2D eigenvalue weighted by atomic mass is 10.1. The van der Waals surface area contributed by atoms with Gasteiger partial charge in [0.15, 0.2) is 0 Å². The van der Waals surface area contributed by atoms with E-state index in [0.717, 1.165) is 10.0 Å². The molecule has 1 aromatic heterocycles. The van der Waals surface area contributed by atoms with Crippen LogP contribution in [0.2, 0.25) is 0 Å². The molecule has 0 aliphatic rings. The van der Waals surface area contributed by atoms with Gasteiger partial charge in [0.1, 0.15) is 6.33 Å². The van der Waals surface area contributed by atoms with Crippen molar-refractivity contribution in [3.63, 3.8) is 0 Å². The lowest BCUT2D eigenvalue weighted by Gasteiger charge is -2.14. The summed E-state index contributed by atoms with van der Waals surface area (Å²) >= 11 is 3.41. The third-order valence-electron chi connectivity index (χ3n) is 2.43. The van der Waals surface area contributed by atoms with Gasteiger partial charge in [-0.05, 0) is 24.6 Å². The van der Waals surface area contributed by atoms with Crippen LogP contribution < -0.4 is 5.32 Å². The Morgan fingerprint density at radius 1 is 1.53 bits per heavy atom. The topological polar surface area (TPSA) is 46.9 Å². The maximum atomic E-state index is 11.8. The molecule has 1 atom stereocenters. The molecule has 5 heteroatoms. The van der Waals surface area contributed by atoms with Crippen molar-refractivity contribution < 1.29 is 4.79 Å². The Hall–Kier alpha value is -1.62. The van der Waals surface area contributed by atoms with Crippen LogP contribution in [0.3, 0.4) is 0 Å². The molecule has 1 amide bonds. The summed E-state index contributed by atoms with van der Waals surface area (Å²) in [6.07, 6.45) is 4.66. The molecule has 2 rings (SSSR count). The van der Waals surface area contributed by atoms with E-state index in [-0.39, 0.29) is 12.1 Å². The maximum absolute atomic E-state index is 11.8. The molecule has 0 radical (unpaired) electrons. The Morgan fingerprint density at radius 3 is 3.00 bits per heavy atom. The predicted molar refractivity (Wildman–Crippen MR) is 68.7 cm³/mol. The van der Waals surface area contributed by atoms with E-state index in [1.807, 2.05) is 31.2 Å². The van der Waals surface area contributed by atoms with Crippen molar-refractivity contribution in [2.24, 2.45) is 0 Å². The van der Waals surface area contributed by atoms with E-state index in [9.17, 15) is 4.79 Å². The predicted octanol–water partition coefficient (Wildman–Crippen LogP) is 2.96. The summed E-state index contributed by atoms with van der Waals surface area (Å²) in [5.41, 5.74) is 1.05. The van der Waals surface area contributed by atoms with Crippen LogP contribution in [0, 0.1) is 0 Å². The van der Waals surface area contributed by atoms with Crippen LogP contribution in [0.5, 0.6) is 0 Å². The second-order valence-corrected chi connectivity index (χ2v) is 4.61. The molecular formula is C12H12BrN3O. The first-order valence-electron chi connectivity index (χ1n) is 5.21. The van der Waals surface area contributed by atoms with Crippen molar-refractivity contribution in [2.75, 3.05) is 0 Å². The molecule has 88 valence electrons. The molecule has 1 aromatic carbocycles. The number of aromatic nitrogens is 2. The van der Waals surface area contributed by atoms with E-state index in [1.165, 1.54) is 10.9 Å². The van der Waals surface area contributed by atoms with E-state index in [1.54, 1.807) is 12.4 Å². The van der Waals surface area contributed by atoms with E-state index in [4.69, 9.17) is 0 Å². The molecule has 0 aliphatic heterocycles. The number of nitrogens with one attached hydrogen (secondary N) is 1. The Kier molecular flexibility index (Phi) is 3.58. The van der Waals surface area contributed by atoms with Crippen molar-refractivity contribution in [2.45, 2.75) is 13.0 Å². The van der Waals surface area contributed by atoms with E-state index in [0.29, 0.717) is 0 Å². The van der Waals surface area contributed by atoms with Gasteiger partial charge in [0, 0.05) is 16.9 Å². The van der Waals surface area contributed by atoms with Crippen LogP contribution in [-0.4, -0.2) is 15.6 Å². The summed E-state index contributed by atoms with van der Waals surface area (Å²) in [5, 5.41) is 2.89. The summed E-state index contributed by atoms with van der Waals surface area (Å²) < 4.78 is 2.41. The highest BCUT2D eigenvalue weighted by molar-refractivity contribution is 9.10. The minimum Gasteiger partial charge on any atom is -0.331 e. The Bertz CT molecular complexity index is 510. The van der Waals surface area contributed by atoms with Crippen molar-refractivity contribution in [3.05, 3.63) is 53.0 Å². The van der Waals surface area contributed by atoms with Gasteiger partial charge in [-0.3, -0.25) is 4.57 Å². The molecule has 0 aliphatic carbocycles. The molecule has 1 unspecified atom stereocenters. The van der Waals surface area contributed by atoms with E-state index < -0.39 is 0 Å². The first-order valence-corrected chi connectivity index (χ1v) is 6.00. The Morgan fingerprint density at radius 2 is 2.35 bits per heavy atom. The molecule has 1 heterocycles. The average Bonchev–Trinajstić information content (AvgIpc) is 2.82. The van der Waals surface area contributed by atoms with Gasteiger partial charge in [-0.15, -0.1) is 0 Å². The van der Waals surface area contributed by atoms with Gasteiger partial charge >= 0.3 is 6.03 Å². The normalized spacial score (nSPS) is 12.1. The van der Waals surface area contributed by atoms with Gasteiger partial charge in [-0.2, -0.15) is 0 Å². The zero-order valence-electron chi connectivity index (χ0n) is 9.30. The number of hydrogen-bond donors (Lipinski definition) is 1. The van der Waals surface area contributed by atoms with Crippen molar-refractivity contribution in [3.8, 4) is 0 Å². The van der Waals surface area contributed by atoms with Gasteiger partial charge in [0.2, 0.25) is 0 Å². The first-order chi connectivity index (χ1) is 8.16. The highest BCUT2D eigenvalue weighted by Crippen LogP contribution is 2.17. The van der Waals surface area contributed by atoms with Gasteiger partial charge in [-0.25, -0.2) is 9.78 Å². The smallest absolute Gasteiger partial charge is 0.327 e. The third kappa shape index (κ3) is 2.94. The first kappa shape index (κ1) is 11.9. The monoisotopic (exact) mass is 293 g/mol. The molecule has 1 N–H and O–H groups in total. The van der Waals surface area contributed by atoms with E-state index >= 15 is 0 Å². The molecule has 17 heavy (non-hydrogen) atoms. The second kappa shape index (κ2) is 5.14. The third-order valence-corrected chi connectivity index (χ3v) is 2.92. The number of carbonyl (C=O) groups is 1. The second-order valence-electron chi connectivity index (χ2n) is 3.70. The lowest BCUT2D eigenvalue weighted by molar-refractivity contribution is 0.239. The van der Waals surface area contributed by atoms with Gasteiger partial charge in [0.05, 0.1) is 6.04 Å². The fraction of sp³-hybridized carbons (Fsp3) is 0.167. The van der Waals surface area contributed by atoms with Crippen molar-refractivity contribution in [1.82, 2.24) is 14.9 Å². The van der Waals surface area contributed by atoms with Crippen LogP contribution in [0.15, 0.2) is 47.5 Å². The fourth-order valence-electron chi connectivity index (χ4n) is 1.50. The standard InChI is InChI=1S/C12H12BrN3O/c1-9(10-3-2-4-11(13)7-10)15-12(17)16-6-5-14-8-16/h2-9H,1H3,(H,15,17). The molecule has 2 aromatic rings. The summed E-state index contributed by atoms with van der Waals surface area (Å²) in [7, 11) is 0. The summed E-state index contributed by atoms with van der Waals surface area (Å²) in [6.45, 7) is 1.94. The number of hydrogen-bond acceptors (Lipinski definition) is 2. The van der Waals surface area contributed by atoms with Crippen LogP contribution in [-0.2, 0) is 0 Å². The number of nitrogens with zero attached hydrogens (tertiary/aromatic N) is 2. The molecule has 0 fully saturated rings. The molecule has 0 saturated heterocycles. The van der Waals surface area contributed by atoms with Crippen LogP contribution >= 0.6 is 15.9 Å².